The third-order valence-corrected chi connectivity index (χ3v) is 6.06. The summed E-state index contributed by atoms with van der Waals surface area (Å²) in [7, 11) is 0. The van der Waals surface area contributed by atoms with Crippen LogP contribution in [0.3, 0.4) is 0 Å². The van der Waals surface area contributed by atoms with Gasteiger partial charge >= 0.3 is 0 Å². The molecule has 3 aliphatic carbocycles. The van der Waals surface area contributed by atoms with Crippen molar-refractivity contribution in [1.29, 1.82) is 0 Å². The number of nitrogens with zero attached hydrogens (tertiary/aromatic N) is 5. The second-order valence-electron chi connectivity index (χ2n) is 6.29. The van der Waals surface area contributed by atoms with Crippen molar-refractivity contribution in [3.63, 3.8) is 0 Å². The molecule has 3 heterocycles. The number of thioether (sulfide) groups is 1. The summed E-state index contributed by atoms with van der Waals surface area (Å²) < 4.78 is 3.97. The van der Waals surface area contributed by atoms with Crippen LogP contribution in [0.15, 0.2) is 29.7 Å². The molecule has 0 spiro atoms. The molecule has 2 bridgehead atoms. The van der Waals surface area contributed by atoms with Gasteiger partial charge in [0.25, 0.3) is 0 Å². The van der Waals surface area contributed by atoms with E-state index in [1.54, 1.807) is 18.0 Å². The maximum Gasteiger partial charge on any atom is 0.164 e. The van der Waals surface area contributed by atoms with E-state index in [2.05, 4.69) is 26.1 Å². The summed E-state index contributed by atoms with van der Waals surface area (Å²) in [6.45, 7) is 0. The van der Waals surface area contributed by atoms with Crippen LogP contribution in [0.1, 0.15) is 19.3 Å². The van der Waals surface area contributed by atoms with Crippen molar-refractivity contribution in [2.75, 3.05) is 6.26 Å². The number of aromatic nitrogens is 5. The summed E-state index contributed by atoms with van der Waals surface area (Å²) in [4.78, 5) is 4.64. The molecule has 0 atom stereocenters. The third kappa shape index (κ3) is 1.59. The first-order valence-corrected chi connectivity index (χ1v) is 8.93. The Balaban J connectivity index is 1.61. The number of fused-ring (bicyclic) bond motifs is 1. The summed E-state index contributed by atoms with van der Waals surface area (Å²) in [5, 5.41) is 11.5. The molecule has 3 aromatic rings. The molecule has 3 aromatic heterocycles. The molecule has 0 aromatic carbocycles. The van der Waals surface area contributed by atoms with Gasteiger partial charge in [-0.25, -0.2) is 9.67 Å². The van der Waals surface area contributed by atoms with E-state index < -0.39 is 0 Å². The van der Waals surface area contributed by atoms with Crippen LogP contribution >= 0.6 is 23.4 Å². The number of rotatable bonds is 3. The molecule has 6 rings (SSSR count). The molecule has 3 saturated carbocycles. The van der Waals surface area contributed by atoms with Gasteiger partial charge in [-0.2, -0.15) is 10.2 Å². The molecule has 0 amide bonds. The van der Waals surface area contributed by atoms with E-state index in [0.29, 0.717) is 10.6 Å². The molecule has 0 unspecified atom stereocenters. The first kappa shape index (κ1) is 13.0. The van der Waals surface area contributed by atoms with E-state index >= 15 is 0 Å². The quantitative estimate of drug-likeness (QED) is 0.689. The lowest BCUT2D eigenvalue weighted by Gasteiger charge is -2.61. The van der Waals surface area contributed by atoms with Crippen LogP contribution in [0.2, 0.25) is 5.02 Å². The average Bonchev–Trinajstić information content (AvgIpc) is 3.00. The van der Waals surface area contributed by atoms with Gasteiger partial charge in [0.05, 0.1) is 29.2 Å². The number of halogens is 1. The van der Waals surface area contributed by atoms with Gasteiger partial charge < -0.3 is 0 Å². The Kier molecular flexibility index (Phi) is 2.51. The van der Waals surface area contributed by atoms with Crippen LogP contribution in [0, 0.1) is 5.92 Å². The molecule has 22 heavy (non-hydrogen) atoms. The molecule has 5 nitrogen and oxygen atoms in total. The summed E-state index contributed by atoms with van der Waals surface area (Å²) >= 11 is 7.76. The fourth-order valence-corrected chi connectivity index (χ4v) is 4.47. The van der Waals surface area contributed by atoms with E-state index in [-0.39, 0.29) is 0 Å². The Morgan fingerprint density at radius 1 is 1.27 bits per heavy atom. The second kappa shape index (κ2) is 4.26. The second-order valence-corrected chi connectivity index (χ2v) is 7.50. The van der Waals surface area contributed by atoms with Crippen molar-refractivity contribution >= 4 is 34.4 Å². The van der Waals surface area contributed by atoms with Crippen LogP contribution in [-0.4, -0.2) is 30.8 Å². The highest BCUT2D eigenvalue weighted by atomic mass is 35.5. The smallest absolute Gasteiger partial charge is 0.164 e. The first-order valence-electron chi connectivity index (χ1n) is 7.32. The molecular formula is C15H14ClN5S. The lowest BCUT2D eigenvalue weighted by atomic mass is 9.50. The highest BCUT2D eigenvalue weighted by Crippen LogP contribution is 2.62. The Morgan fingerprint density at radius 3 is 2.77 bits per heavy atom. The molecule has 0 N–H and O–H groups in total. The molecule has 0 radical (unpaired) electrons. The monoisotopic (exact) mass is 331 g/mol. The molecular weight excluding hydrogens is 318 g/mol. The van der Waals surface area contributed by atoms with Crippen molar-refractivity contribution < 1.29 is 0 Å². The van der Waals surface area contributed by atoms with Gasteiger partial charge in [0.2, 0.25) is 0 Å². The average molecular weight is 332 g/mol. The first-order chi connectivity index (χ1) is 10.7. The zero-order valence-corrected chi connectivity index (χ0v) is 13.6. The fraction of sp³-hybridized carbons (Fsp3) is 0.400. The highest BCUT2D eigenvalue weighted by molar-refractivity contribution is 7.98. The van der Waals surface area contributed by atoms with E-state index in [0.717, 1.165) is 27.7 Å². The zero-order chi connectivity index (χ0) is 14.9. The molecule has 0 aliphatic heterocycles. The summed E-state index contributed by atoms with van der Waals surface area (Å²) in [5.41, 5.74) is 2.08. The Morgan fingerprint density at radius 2 is 2.09 bits per heavy atom. The molecule has 7 heteroatoms. The van der Waals surface area contributed by atoms with E-state index in [1.165, 1.54) is 19.3 Å². The normalized spacial score (nSPS) is 26.0. The van der Waals surface area contributed by atoms with E-state index in [4.69, 9.17) is 11.6 Å². The largest absolute Gasteiger partial charge is 0.264 e. The number of hydrogen-bond donors (Lipinski definition) is 0. The van der Waals surface area contributed by atoms with E-state index in [9.17, 15) is 0 Å². The van der Waals surface area contributed by atoms with Crippen molar-refractivity contribution in [3.05, 3.63) is 29.7 Å². The van der Waals surface area contributed by atoms with Gasteiger partial charge in [-0.05, 0) is 37.5 Å². The van der Waals surface area contributed by atoms with Gasteiger partial charge in [-0.15, -0.1) is 11.8 Å². The summed E-state index contributed by atoms with van der Waals surface area (Å²) in [5.74, 6) is 0.936. The summed E-state index contributed by atoms with van der Waals surface area (Å²) in [6, 6.07) is 1.92. The van der Waals surface area contributed by atoms with Gasteiger partial charge in [0.15, 0.2) is 5.65 Å². The van der Waals surface area contributed by atoms with Gasteiger partial charge in [-0.3, -0.25) is 4.68 Å². The Hall–Kier alpha value is -1.53. The number of pyridine rings is 1. The van der Waals surface area contributed by atoms with Gasteiger partial charge in [0.1, 0.15) is 10.7 Å². The third-order valence-electron chi connectivity index (χ3n) is 4.96. The van der Waals surface area contributed by atoms with E-state index in [1.807, 2.05) is 23.2 Å². The predicted octanol–water partition coefficient (Wildman–Crippen LogP) is 3.50. The van der Waals surface area contributed by atoms with Gasteiger partial charge in [0, 0.05) is 5.39 Å². The zero-order valence-electron chi connectivity index (χ0n) is 12.0. The topological polar surface area (TPSA) is 48.5 Å². The summed E-state index contributed by atoms with van der Waals surface area (Å²) in [6.07, 6.45) is 11.6. The lowest BCUT2D eigenvalue weighted by molar-refractivity contribution is -0.0977. The van der Waals surface area contributed by atoms with Gasteiger partial charge in [-0.1, -0.05) is 11.6 Å². The Bertz CT molecular complexity index is 882. The van der Waals surface area contributed by atoms with Crippen molar-refractivity contribution in [2.24, 2.45) is 5.92 Å². The van der Waals surface area contributed by atoms with Crippen LogP contribution in [0.25, 0.3) is 16.7 Å². The standard InChI is InChI=1S/C15H14ClN5S/c1-22-14-12(16)2-10-6-18-21(13(10)19-14)11-7-17-20(8-11)15-3-9(4-15)5-15/h2,6-9H,3-5H2,1H3. The minimum Gasteiger partial charge on any atom is -0.264 e. The van der Waals surface area contributed by atoms with Crippen LogP contribution < -0.4 is 0 Å². The van der Waals surface area contributed by atoms with Crippen LogP contribution in [-0.2, 0) is 5.54 Å². The Labute approximate surface area is 136 Å². The lowest BCUT2D eigenvalue weighted by Crippen LogP contribution is -2.59. The molecule has 112 valence electrons. The van der Waals surface area contributed by atoms with Crippen molar-refractivity contribution in [1.82, 2.24) is 24.5 Å². The predicted molar refractivity (Wildman–Crippen MR) is 86.8 cm³/mol. The SMILES string of the molecule is CSc1nc2c(cnn2-c2cnn(C34CC(C3)C4)c2)cc1Cl. The minimum atomic E-state index is 0.299. The van der Waals surface area contributed by atoms with Crippen LogP contribution in [0.4, 0.5) is 0 Å². The maximum absolute atomic E-state index is 6.22. The fourth-order valence-electron chi connectivity index (χ4n) is 3.64. The maximum atomic E-state index is 6.22. The molecule has 3 fully saturated rings. The molecule has 0 saturated heterocycles. The van der Waals surface area contributed by atoms with Crippen LogP contribution in [0.5, 0.6) is 0 Å². The van der Waals surface area contributed by atoms with Crippen molar-refractivity contribution in [3.8, 4) is 5.69 Å². The van der Waals surface area contributed by atoms with Crippen molar-refractivity contribution in [2.45, 2.75) is 29.8 Å². The highest BCUT2D eigenvalue weighted by Gasteiger charge is 2.58. The number of hydrogen-bond acceptors (Lipinski definition) is 4. The minimum absolute atomic E-state index is 0.299. The molecule has 3 aliphatic rings.